The molecule has 3 atom stereocenters. The van der Waals surface area contributed by atoms with Crippen molar-refractivity contribution in [3.05, 3.63) is 64.1 Å². The van der Waals surface area contributed by atoms with E-state index >= 15 is 0 Å². The number of hydrogen-bond donors (Lipinski definition) is 0. The molecule has 4 nitrogen and oxygen atoms in total. The Balaban J connectivity index is 1.89. The lowest BCUT2D eigenvalue weighted by Gasteiger charge is -2.37. The molecule has 0 bridgehead atoms. The number of carbonyl (C=O) groups excluding carboxylic acids is 1. The smallest absolute Gasteiger partial charge is 0.326 e. The quantitative estimate of drug-likeness (QED) is 0.254. The molecule has 0 unspecified atom stereocenters. The molecule has 5 heteroatoms. The zero-order valence-electron chi connectivity index (χ0n) is 19.8. The van der Waals surface area contributed by atoms with E-state index in [0.29, 0.717) is 17.8 Å². The van der Waals surface area contributed by atoms with Crippen LogP contribution in [0.15, 0.2) is 58.0 Å². The summed E-state index contributed by atoms with van der Waals surface area (Å²) in [7, 11) is 1.77. The Labute approximate surface area is 201 Å². The van der Waals surface area contributed by atoms with Crippen LogP contribution in [-0.2, 0) is 9.53 Å². The van der Waals surface area contributed by atoms with Gasteiger partial charge in [-0.3, -0.25) is 9.79 Å². The molecule has 3 rings (SSSR count). The number of aliphatic imine (C=N–C) groups is 1. The van der Waals surface area contributed by atoms with Crippen molar-refractivity contribution in [2.45, 2.75) is 53.1 Å². The van der Waals surface area contributed by atoms with Crippen molar-refractivity contribution in [3.63, 3.8) is 0 Å². The van der Waals surface area contributed by atoms with Gasteiger partial charge in [0.2, 0.25) is 0 Å². The van der Waals surface area contributed by atoms with E-state index < -0.39 is 0 Å². The normalized spacial score (nSPS) is 21.5. The van der Waals surface area contributed by atoms with Gasteiger partial charge in [-0.15, -0.1) is 0 Å². The second-order valence-corrected chi connectivity index (χ2v) is 10.2. The van der Waals surface area contributed by atoms with E-state index in [1.807, 2.05) is 47.4 Å². The van der Waals surface area contributed by atoms with Crippen LogP contribution in [0.25, 0.3) is 0 Å². The maximum Gasteiger partial charge on any atom is 0.326 e. The summed E-state index contributed by atoms with van der Waals surface area (Å²) in [6.45, 7) is 8.90. The van der Waals surface area contributed by atoms with Crippen molar-refractivity contribution in [2.24, 2.45) is 22.7 Å². The summed E-state index contributed by atoms with van der Waals surface area (Å²) in [6, 6.07) is 16.1. The van der Waals surface area contributed by atoms with Crippen LogP contribution in [0.3, 0.4) is 0 Å². The second-order valence-electron chi connectivity index (χ2n) is 9.28. The van der Waals surface area contributed by atoms with E-state index in [-0.39, 0.29) is 18.6 Å². The first-order valence-corrected chi connectivity index (χ1v) is 12.3. The number of carbonyl (C=O) groups is 1. The molecule has 1 fully saturated rings. The molecule has 1 aliphatic carbocycles. The molecule has 0 spiro atoms. The molecule has 1 saturated carbocycles. The van der Waals surface area contributed by atoms with Crippen molar-refractivity contribution >= 4 is 33.4 Å². The summed E-state index contributed by atoms with van der Waals surface area (Å²) in [5.74, 6) is 2.06. The summed E-state index contributed by atoms with van der Waals surface area (Å²) in [6.07, 6.45) is 3.26. The van der Waals surface area contributed by atoms with E-state index in [1.54, 1.807) is 7.05 Å². The molecule has 0 amide bonds. The first-order valence-electron chi connectivity index (χ1n) is 11.6. The summed E-state index contributed by atoms with van der Waals surface area (Å²) < 4.78 is 7.11. The largest absolute Gasteiger partial charge is 0.461 e. The number of esters is 1. The number of ether oxygens (including phenoxy) is 1. The molecular formula is C27H35BrN2O2. The fraction of sp³-hybridized carbons (Fsp3) is 0.481. The van der Waals surface area contributed by atoms with Gasteiger partial charge in [0.05, 0.1) is 0 Å². The summed E-state index contributed by atoms with van der Waals surface area (Å²) in [4.78, 5) is 19.8. The van der Waals surface area contributed by atoms with Crippen molar-refractivity contribution in [1.82, 2.24) is 0 Å². The van der Waals surface area contributed by atoms with E-state index in [0.717, 1.165) is 40.0 Å². The molecular weight excluding hydrogens is 464 g/mol. The van der Waals surface area contributed by atoms with Gasteiger partial charge in [0.25, 0.3) is 0 Å². The van der Waals surface area contributed by atoms with Crippen LogP contribution in [0.2, 0.25) is 0 Å². The number of hydrogen-bond acceptors (Lipinski definition) is 3. The Hall–Kier alpha value is -2.14. The zero-order valence-corrected chi connectivity index (χ0v) is 21.4. The molecule has 172 valence electrons. The second kappa shape index (κ2) is 11.1. The van der Waals surface area contributed by atoms with Crippen molar-refractivity contribution < 1.29 is 9.53 Å². The third-order valence-electron chi connectivity index (χ3n) is 6.49. The first-order chi connectivity index (χ1) is 15.3. The summed E-state index contributed by atoms with van der Waals surface area (Å²) in [5, 5.41) is 0. The van der Waals surface area contributed by atoms with E-state index in [4.69, 9.17) is 4.74 Å². The van der Waals surface area contributed by atoms with Gasteiger partial charge in [0, 0.05) is 22.8 Å². The van der Waals surface area contributed by atoms with Gasteiger partial charge in [0.15, 0.2) is 0 Å². The fourth-order valence-electron chi connectivity index (χ4n) is 4.76. The average molecular weight is 499 g/mol. The number of amidine groups is 1. The van der Waals surface area contributed by atoms with Gasteiger partial charge < -0.3 is 9.64 Å². The number of halogens is 1. The molecule has 0 radical (unpaired) electrons. The Morgan fingerprint density at radius 2 is 1.94 bits per heavy atom. The van der Waals surface area contributed by atoms with Crippen LogP contribution in [0.4, 0.5) is 5.69 Å². The van der Waals surface area contributed by atoms with Gasteiger partial charge in [0.1, 0.15) is 18.5 Å². The van der Waals surface area contributed by atoms with Crippen LogP contribution in [0, 0.1) is 24.7 Å². The molecule has 0 aliphatic heterocycles. The van der Waals surface area contributed by atoms with Crippen LogP contribution in [0.1, 0.15) is 51.2 Å². The lowest BCUT2D eigenvalue weighted by Crippen LogP contribution is -2.41. The molecule has 2 aromatic rings. The summed E-state index contributed by atoms with van der Waals surface area (Å²) >= 11 is 3.56. The van der Waals surface area contributed by atoms with Crippen molar-refractivity contribution in [1.29, 1.82) is 0 Å². The van der Waals surface area contributed by atoms with Crippen LogP contribution in [0.5, 0.6) is 0 Å². The minimum absolute atomic E-state index is 0.0159. The number of rotatable bonds is 6. The van der Waals surface area contributed by atoms with Crippen LogP contribution < -0.4 is 4.90 Å². The van der Waals surface area contributed by atoms with Gasteiger partial charge >= 0.3 is 5.97 Å². The number of para-hydroxylation sites is 1. The fourth-order valence-corrected chi connectivity index (χ4v) is 5.16. The number of anilines is 1. The predicted octanol–water partition coefficient (Wildman–Crippen LogP) is 6.64. The maximum absolute atomic E-state index is 13.3. The van der Waals surface area contributed by atoms with Gasteiger partial charge in [-0.05, 0) is 61.3 Å². The van der Waals surface area contributed by atoms with Gasteiger partial charge in [-0.25, -0.2) is 0 Å². The minimum atomic E-state index is -0.200. The Morgan fingerprint density at radius 1 is 1.19 bits per heavy atom. The van der Waals surface area contributed by atoms with Crippen molar-refractivity contribution in [3.8, 4) is 0 Å². The molecule has 0 saturated heterocycles. The lowest BCUT2D eigenvalue weighted by molar-refractivity contribution is -0.154. The average Bonchev–Trinajstić information content (AvgIpc) is 2.74. The highest BCUT2D eigenvalue weighted by Gasteiger charge is 2.34. The Morgan fingerprint density at radius 3 is 2.59 bits per heavy atom. The minimum Gasteiger partial charge on any atom is -0.461 e. The SMILES string of the molecule is C/N=C(\c1cccc(Br)c1)N(CC(=O)O[C@@H]1C[C@H](C)CC[C@H]1C(C)C)c1ccccc1C. The van der Waals surface area contributed by atoms with Crippen molar-refractivity contribution in [2.75, 3.05) is 18.5 Å². The van der Waals surface area contributed by atoms with Gasteiger partial charge in [-0.1, -0.05) is 73.5 Å². The maximum atomic E-state index is 13.3. The molecule has 32 heavy (non-hydrogen) atoms. The third-order valence-corrected chi connectivity index (χ3v) is 6.98. The third kappa shape index (κ3) is 6.00. The highest BCUT2D eigenvalue weighted by atomic mass is 79.9. The van der Waals surface area contributed by atoms with E-state index in [1.165, 1.54) is 6.42 Å². The zero-order chi connectivity index (χ0) is 23.3. The standard InChI is InChI=1S/C27H35BrN2O2/c1-18(2)23-14-13-19(3)15-25(23)32-26(31)17-30(24-12-7-6-9-20(24)4)27(29-5)21-10-8-11-22(28)16-21/h6-12,16,18-19,23,25H,13-15,17H2,1-5H3/b29-27+/t19-,23+,25-/m1/s1. The van der Waals surface area contributed by atoms with Crippen LogP contribution >= 0.6 is 15.9 Å². The topological polar surface area (TPSA) is 41.9 Å². The van der Waals surface area contributed by atoms with E-state index in [9.17, 15) is 4.79 Å². The highest BCUT2D eigenvalue weighted by Crippen LogP contribution is 2.35. The number of aryl methyl sites for hydroxylation is 1. The molecule has 0 aromatic heterocycles. The number of nitrogens with zero attached hydrogens (tertiary/aromatic N) is 2. The highest BCUT2D eigenvalue weighted by molar-refractivity contribution is 9.10. The lowest BCUT2D eigenvalue weighted by atomic mass is 9.75. The molecule has 1 aliphatic rings. The predicted molar refractivity (Wildman–Crippen MR) is 136 cm³/mol. The number of benzene rings is 2. The molecule has 0 heterocycles. The van der Waals surface area contributed by atoms with Crippen LogP contribution in [-0.4, -0.2) is 31.5 Å². The summed E-state index contributed by atoms with van der Waals surface area (Å²) in [5.41, 5.74) is 2.99. The Bertz CT molecular complexity index is 956. The Kier molecular flexibility index (Phi) is 8.52. The molecule has 2 aromatic carbocycles. The molecule has 0 N–H and O–H groups in total. The monoisotopic (exact) mass is 498 g/mol. The first kappa shape index (κ1) is 24.5. The van der Waals surface area contributed by atoms with E-state index in [2.05, 4.69) is 54.7 Å². The van der Waals surface area contributed by atoms with Gasteiger partial charge in [-0.2, -0.15) is 0 Å².